The first-order valence-electron chi connectivity index (χ1n) is 5.38. The minimum atomic E-state index is 0. The molecule has 0 aliphatic rings. The summed E-state index contributed by atoms with van der Waals surface area (Å²) in [6.07, 6.45) is 1.55. The lowest BCUT2D eigenvalue weighted by Crippen LogP contribution is -3.00. The molecule has 3 rings (SSSR count). The van der Waals surface area contributed by atoms with Crippen LogP contribution in [0, 0.1) is 0 Å². The number of hydrogen-bond donors (Lipinski definition) is 1. The molecule has 0 spiro atoms. The van der Waals surface area contributed by atoms with Crippen LogP contribution in [-0.2, 0) is 0 Å². The topological polar surface area (TPSA) is 45.5 Å². The van der Waals surface area contributed by atoms with E-state index in [0.717, 1.165) is 11.3 Å². The Kier molecular flexibility index (Phi) is 3.84. The van der Waals surface area contributed by atoms with E-state index in [0.29, 0.717) is 0 Å². The van der Waals surface area contributed by atoms with Gasteiger partial charge in [-0.05, 0) is 28.1 Å². The SMILES string of the molecule is [Br-].c1ccc(-c2cccc(-[n+]3nnc[nH]3)c2)cc1. The summed E-state index contributed by atoms with van der Waals surface area (Å²) in [6.45, 7) is 0. The third-order valence-electron chi connectivity index (χ3n) is 2.58. The average molecular weight is 303 g/mol. The highest BCUT2D eigenvalue weighted by molar-refractivity contribution is 5.64. The van der Waals surface area contributed by atoms with Crippen LogP contribution in [0.5, 0.6) is 0 Å². The van der Waals surface area contributed by atoms with Gasteiger partial charge in [-0.3, -0.25) is 0 Å². The zero-order chi connectivity index (χ0) is 11.5. The molecule has 0 aliphatic heterocycles. The van der Waals surface area contributed by atoms with Gasteiger partial charge >= 0.3 is 0 Å². The summed E-state index contributed by atoms with van der Waals surface area (Å²) in [5, 5.41) is 10.6. The molecule has 0 radical (unpaired) electrons. The highest BCUT2D eigenvalue weighted by Gasteiger charge is 2.06. The van der Waals surface area contributed by atoms with E-state index in [1.807, 2.05) is 30.3 Å². The van der Waals surface area contributed by atoms with Gasteiger partial charge in [-0.15, -0.1) is 0 Å². The lowest BCUT2D eigenvalue weighted by molar-refractivity contribution is -0.716. The Hall–Kier alpha value is -2.01. The number of hydrogen-bond acceptors (Lipinski definition) is 2. The van der Waals surface area contributed by atoms with Gasteiger partial charge < -0.3 is 17.0 Å². The third kappa shape index (κ3) is 2.46. The van der Waals surface area contributed by atoms with Crippen LogP contribution in [0.15, 0.2) is 60.9 Å². The van der Waals surface area contributed by atoms with Crippen LogP contribution in [0.2, 0.25) is 0 Å². The van der Waals surface area contributed by atoms with Gasteiger partial charge in [-0.1, -0.05) is 42.5 Å². The lowest BCUT2D eigenvalue weighted by atomic mass is 10.1. The smallest absolute Gasteiger partial charge is 0.269 e. The number of aromatic nitrogens is 4. The van der Waals surface area contributed by atoms with Gasteiger partial charge in [0, 0.05) is 0 Å². The van der Waals surface area contributed by atoms with Crippen molar-refractivity contribution in [2.45, 2.75) is 0 Å². The van der Waals surface area contributed by atoms with Crippen LogP contribution >= 0.6 is 0 Å². The third-order valence-corrected chi connectivity index (χ3v) is 2.58. The molecule has 90 valence electrons. The molecule has 0 fully saturated rings. The van der Waals surface area contributed by atoms with Gasteiger partial charge in [0.15, 0.2) is 10.9 Å². The molecule has 0 saturated heterocycles. The average Bonchev–Trinajstić information content (AvgIpc) is 2.94. The molecule has 0 saturated carbocycles. The van der Waals surface area contributed by atoms with Crippen LogP contribution in [-0.4, -0.2) is 15.4 Å². The Morgan fingerprint density at radius 3 is 2.39 bits per heavy atom. The van der Waals surface area contributed by atoms with Crippen molar-refractivity contribution in [1.82, 2.24) is 15.4 Å². The quantitative estimate of drug-likeness (QED) is 0.602. The van der Waals surface area contributed by atoms with Gasteiger partial charge in [-0.25, -0.2) is 0 Å². The number of rotatable bonds is 2. The molecule has 0 unspecified atom stereocenters. The van der Waals surface area contributed by atoms with Crippen molar-refractivity contribution in [3.8, 4) is 16.8 Å². The van der Waals surface area contributed by atoms with E-state index >= 15 is 0 Å². The van der Waals surface area contributed by atoms with E-state index in [1.165, 1.54) is 5.56 Å². The molecule has 4 nitrogen and oxygen atoms in total. The fourth-order valence-corrected chi connectivity index (χ4v) is 1.76. The summed E-state index contributed by atoms with van der Waals surface area (Å²) in [4.78, 5) is 1.63. The van der Waals surface area contributed by atoms with Crippen molar-refractivity contribution in [2.24, 2.45) is 0 Å². The van der Waals surface area contributed by atoms with E-state index in [-0.39, 0.29) is 17.0 Å². The van der Waals surface area contributed by atoms with Crippen molar-refractivity contribution in [2.75, 3.05) is 0 Å². The predicted octanol–water partition coefficient (Wildman–Crippen LogP) is -1.25. The van der Waals surface area contributed by atoms with E-state index < -0.39 is 0 Å². The highest BCUT2D eigenvalue weighted by atomic mass is 79.9. The van der Waals surface area contributed by atoms with Crippen LogP contribution < -0.4 is 21.8 Å². The first kappa shape index (κ1) is 12.4. The maximum Gasteiger partial charge on any atom is 0.269 e. The summed E-state index contributed by atoms with van der Waals surface area (Å²) in [5.74, 6) is 0. The second-order valence-corrected chi connectivity index (χ2v) is 3.69. The molecule has 0 atom stereocenters. The predicted molar refractivity (Wildman–Crippen MR) is 63.4 cm³/mol. The maximum atomic E-state index is 3.93. The van der Waals surface area contributed by atoms with E-state index in [1.54, 1.807) is 11.1 Å². The molecule has 1 heterocycles. The van der Waals surface area contributed by atoms with Gasteiger partial charge in [0.05, 0.1) is 5.10 Å². The van der Waals surface area contributed by atoms with Gasteiger partial charge in [-0.2, -0.15) is 5.10 Å². The van der Waals surface area contributed by atoms with Crippen LogP contribution in [0.25, 0.3) is 16.8 Å². The first-order chi connectivity index (χ1) is 8.43. The minimum Gasteiger partial charge on any atom is -1.00 e. The molecule has 0 amide bonds. The largest absolute Gasteiger partial charge is 1.00 e. The number of H-pyrrole nitrogens is 1. The summed E-state index contributed by atoms with van der Waals surface area (Å²) in [7, 11) is 0. The molecule has 0 bridgehead atoms. The van der Waals surface area contributed by atoms with Crippen molar-refractivity contribution in [1.29, 1.82) is 0 Å². The lowest BCUT2D eigenvalue weighted by Gasteiger charge is -2.01. The molecular weight excluding hydrogens is 292 g/mol. The number of benzene rings is 2. The molecule has 3 aromatic rings. The van der Waals surface area contributed by atoms with E-state index in [9.17, 15) is 0 Å². The molecule has 2 aromatic carbocycles. The van der Waals surface area contributed by atoms with Crippen LogP contribution in [0.3, 0.4) is 0 Å². The molecule has 5 heteroatoms. The fourth-order valence-electron chi connectivity index (χ4n) is 1.76. The van der Waals surface area contributed by atoms with E-state index in [2.05, 4.69) is 39.7 Å². The monoisotopic (exact) mass is 302 g/mol. The number of nitrogens with one attached hydrogen (secondary N) is 1. The van der Waals surface area contributed by atoms with Crippen molar-refractivity contribution in [3.05, 3.63) is 60.9 Å². The molecule has 18 heavy (non-hydrogen) atoms. The Balaban J connectivity index is 0.00000120. The van der Waals surface area contributed by atoms with Crippen molar-refractivity contribution >= 4 is 0 Å². The Morgan fingerprint density at radius 2 is 1.67 bits per heavy atom. The zero-order valence-corrected chi connectivity index (χ0v) is 11.1. The molecular formula is C13H11BrN4. The number of aromatic amines is 1. The maximum absolute atomic E-state index is 3.93. The standard InChI is InChI=1S/C13H10N4.BrH/c1-2-5-11(6-3-1)12-7-4-8-13(9-12)17-15-10-14-16-17;/h1-10H;1H. The zero-order valence-electron chi connectivity index (χ0n) is 9.49. The summed E-state index contributed by atoms with van der Waals surface area (Å²) in [5.41, 5.74) is 3.31. The van der Waals surface area contributed by atoms with E-state index in [4.69, 9.17) is 0 Å². The van der Waals surface area contributed by atoms with Gasteiger partial charge in [0.25, 0.3) is 6.33 Å². The Bertz CT molecular complexity index is 608. The van der Waals surface area contributed by atoms with Crippen LogP contribution in [0.4, 0.5) is 0 Å². The summed E-state index contributed by atoms with van der Waals surface area (Å²) >= 11 is 0. The van der Waals surface area contributed by atoms with Crippen molar-refractivity contribution in [3.63, 3.8) is 0 Å². The molecule has 0 aliphatic carbocycles. The normalized spacial score (nSPS) is 9.78. The second-order valence-electron chi connectivity index (χ2n) is 3.69. The Morgan fingerprint density at radius 1 is 0.889 bits per heavy atom. The van der Waals surface area contributed by atoms with Gasteiger partial charge in [0.2, 0.25) is 0 Å². The summed E-state index contributed by atoms with van der Waals surface area (Å²) < 4.78 is 0. The first-order valence-corrected chi connectivity index (χ1v) is 5.38. The van der Waals surface area contributed by atoms with Crippen molar-refractivity contribution < 1.29 is 21.8 Å². The molecule has 1 N–H and O–H groups in total. The fraction of sp³-hybridized carbons (Fsp3) is 0. The number of tetrazole rings is 1. The number of halogens is 1. The summed E-state index contributed by atoms with van der Waals surface area (Å²) in [6, 6.07) is 18.4. The molecule has 1 aromatic heterocycles. The van der Waals surface area contributed by atoms with Crippen LogP contribution in [0.1, 0.15) is 0 Å². The number of nitrogens with zero attached hydrogens (tertiary/aromatic N) is 3. The van der Waals surface area contributed by atoms with Gasteiger partial charge in [0.1, 0.15) is 0 Å². The second kappa shape index (κ2) is 5.55. The Labute approximate surface area is 115 Å². The highest BCUT2D eigenvalue weighted by Crippen LogP contribution is 2.19. The minimum absolute atomic E-state index is 0.